The first kappa shape index (κ1) is 21.5. The van der Waals surface area contributed by atoms with Crippen LogP contribution in [0.4, 0.5) is 5.69 Å². The molecule has 0 bridgehead atoms. The predicted molar refractivity (Wildman–Crippen MR) is 113 cm³/mol. The fraction of sp³-hybridized carbons (Fsp3) is 0.350. The highest BCUT2D eigenvalue weighted by Crippen LogP contribution is 2.27. The molecule has 1 aliphatic heterocycles. The first-order chi connectivity index (χ1) is 13.9. The van der Waals surface area contributed by atoms with E-state index in [9.17, 15) is 13.2 Å². The Labute approximate surface area is 175 Å². The molecule has 2 aromatic carbocycles. The molecule has 29 heavy (non-hydrogen) atoms. The van der Waals surface area contributed by atoms with Crippen LogP contribution in [0.3, 0.4) is 0 Å². The third-order valence-corrected chi connectivity index (χ3v) is 6.65. The van der Waals surface area contributed by atoms with E-state index < -0.39 is 16.1 Å². The van der Waals surface area contributed by atoms with Crippen LogP contribution in [0.25, 0.3) is 0 Å². The summed E-state index contributed by atoms with van der Waals surface area (Å²) >= 11 is 1.46. The largest absolute Gasteiger partial charge is 0.481 e. The van der Waals surface area contributed by atoms with E-state index in [1.807, 2.05) is 18.4 Å². The van der Waals surface area contributed by atoms with Crippen LogP contribution in [0.1, 0.15) is 6.92 Å². The SMILES string of the molecule is CSc1ccccc1NS(=O)(=O)c1ccc(O[C@@H](C)C(=O)N2CCOCC2)cc1. The second-order valence-electron chi connectivity index (χ2n) is 6.47. The maximum atomic E-state index is 12.7. The van der Waals surface area contributed by atoms with E-state index in [1.54, 1.807) is 36.1 Å². The minimum atomic E-state index is -3.73. The van der Waals surface area contributed by atoms with Gasteiger partial charge in [0.05, 0.1) is 23.8 Å². The number of sulfonamides is 1. The summed E-state index contributed by atoms with van der Waals surface area (Å²) in [5.74, 6) is 0.322. The molecule has 0 unspecified atom stereocenters. The highest BCUT2D eigenvalue weighted by molar-refractivity contribution is 7.99. The summed E-state index contributed by atoms with van der Waals surface area (Å²) in [5.41, 5.74) is 0.532. The van der Waals surface area contributed by atoms with Gasteiger partial charge in [-0.15, -0.1) is 11.8 Å². The van der Waals surface area contributed by atoms with Crippen molar-refractivity contribution in [3.8, 4) is 5.75 Å². The first-order valence-corrected chi connectivity index (χ1v) is 11.9. The number of thioether (sulfide) groups is 1. The van der Waals surface area contributed by atoms with E-state index in [2.05, 4.69) is 4.72 Å². The molecule has 1 fully saturated rings. The number of anilines is 1. The lowest BCUT2D eigenvalue weighted by atomic mass is 10.3. The molecule has 2 aromatic rings. The van der Waals surface area contributed by atoms with Gasteiger partial charge in [-0.1, -0.05) is 12.1 Å². The molecule has 1 N–H and O–H groups in total. The summed E-state index contributed by atoms with van der Waals surface area (Å²) in [6.45, 7) is 3.83. The summed E-state index contributed by atoms with van der Waals surface area (Å²) < 4.78 is 38.9. The van der Waals surface area contributed by atoms with Crippen LogP contribution in [-0.2, 0) is 19.6 Å². The van der Waals surface area contributed by atoms with Crippen LogP contribution in [0.5, 0.6) is 5.75 Å². The van der Waals surface area contributed by atoms with Gasteiger partial charge in [0.1, 0.15) is 5.75 Å². The van der Waals surface area contributed by atoms with E-state index in [1.165, 1.54) is 23.9 Å². The molecule has 3 rings (SSSR count). The van der Waals surface area contributed by atoms with Crippen molar-refractivity contribution in [2.75, 3.05) is 37.3 Å². The minimum absolute atomic E-state index is 0.111. The number of amides is 1. The second kappa shape index (κ2) is 9.51. The van der Waals surface area contributed by atoms with Crippen LogP contribution in [0.2, 0.25) is 0 Å². The Bertz CT molecular complexity index is 942. The Balaban J connectivity index is 1.66. The van der Waals surface area contributed by atoms with E-state index in [4.69, 9.17) is 9.47 Å². The van der Waals surface area contributed by atoms with Gasteiger partial charge >= 0.3 is 0 Å². The molecule has 1 aliphatic rings. The van der Waals surface area contributed by atoms with Crippen LogP contribution in [0, 0.1) is 0 Å². The van der Waals surface area contributed by atoms with Gasteiger partial charge in [-0.2, -0.15) is 0 Å². The number of carbonyl (C=O) groups is 1. The van der Waals surface area contributed by atoms with Crippen molar-refractivity contribution in [1.82, 2.24) is 4.90 Å². The van der Waals surface area contributed by atoms with Crippen LogP contribution in [0.15, 0.2) is 58.3 Å². The third-order valence-electron chi connectivity index (χ3n) is 4.47. The standard InChI is InChI=1S/C20H24N2O5S2/c1-15(20(23)22-11-13-26-14-12-22)27-16-7-9-17(10-8-16)29(24,25)21-18-5-3-4-6-19(18)28-2/h3-10,15,21H,11-14H2,1-2H3/t15-/m0/s1. The first-order valence-electron chi connectivity index (χ1n) is 9.20. The van der Waals surface area contributed by atoms with Crippen LogP contribution >= 0.6 is 11.8 Å². The van der Waals surface area contributed by atoms with Gasteiger partial charge in [0.2, 0.25) is 0 Å². The summed E-state index contributed by atoms with van der Waals surface area (Å²) in [6, 6.07) is 13.2. The molecule has 1 atom stereocenters. The number of rotatable bonds is 7. The highest BCUT2D eigenvalue weighted by Gasteiger charge is 2.24. The fourth-order valence-electron chi connectivity index (χ4n) is 2.93. The molecule has 0 aromatic heterocycles. The smallest absolute Gasteiger partial charge is 0.263 e. The maximum Gasteiger partial charge on any atom is 0.263 e. The zero-order valence-corrected chi connectivity index (χ0v) is 18.0. The van der Waals surface area contributed by atoms with Gasteiger partial charge in [-0.05, 0) is 49.6 Å². The Morgan fingerprint density at radius 2 is 1.79 bits per heavy atom. The van der Waals surface area contributed by atoms with Gasteiger partial charge < -0.3 is 14.4 Å². The number of carbonyl (C=O) groups excluding carboxylic acids is 1. The number of morpholine rings is 1. The predicted octanol–water partition coefficient (Wildman–Crippen LogP) is 2.84. The molecule has 156 valence electrons. The van der Waals surface area contributed by atoms with E-state index in [0.29, 0.717) is 37.7 Å². The summed E-state index contributed by atoms with van der Waals surface area (Å²) in [6.07, 6.45) is 1.22. The van der Waals surface area contributed by atoms with Gasteiger partial charge in [-0.25, -0.2) is 8.42 Å². The van der Waals surface area contributed by atoms with Crippen molar-refractivity contribution in [1.29, 1.82) is 0 Å². The molecule has 1 heterocycles. The Kier molecular flexibility index (Phi) is 7.05. The lowest BCUT2D eigenvalue weighted by Gasteiger charge is -2.29. The number of nitrogens with zero attached hydrogens (tertiary/aromatic N) is 1. The molecule has 0 aliphatic carbocycles. The molecule has 1 saturated heterocycles. The second-order valence-corrected chi connectivity index (χ2v) is 9.01. The fourth-order valence-corrected chi connectivity index (χ4v) is 4.62. The van der Waals surface area contributed by atoms with Crippen molar-refractivity contribution < 1.29 is 22.7 Å². The van der Waals surface area contributed by atoms with Gasteiger partial charge in [0.15, 0.2) is 6.10 Å². The third kappa shape index (κ3) is 5.43. The number of benzene rings is 2. The number of para-hydroxylation sites is 1. The average molecular weight is 437 g/mol. The molecule has 0 spiro atoms. The zero-order valence-electron chi connectivity index (χ0n) is 16.3. The number of hydrogen-bond acceptors (Lipinski definition) is 6. The maximum absolute atomic E-state index is 12.7. The lowest BCUT2D eigenvalue weighted by Crippen LogP contribution is -2.46. The van der Waals surface area contributed by atoms with Gasteiger partial charge in [0, 0.05) is 18.0 Å². The molecule has 1 amide bonds. The van der Waals surface area contributed by atoms with Gasteiger partial charge in [0.25, 0.3) is 15.9 Å². The van der Waals surface area contributed by atoms with Gasteiger partial charge in [-0.3, -0.25) is 9.52 Å². The van der Waals surface area contributed by atoms with E-state index >= 15 is 0 Å². The van der Waals surface area contributed by atoms with Crippen molar-refractivity contribution in [3.05, 3.63) is 48.5 Å². The van der Waals surface area contributed by atoms with E-state index in [-0.39, 0.29) is 10.8 Å². The number of ether oxygens (including phenoxy) is 2. The van der Waals surface area contributed by atoms with Crippen molar-refractivity contribution >= 4 is 33.4 Å². The molecule has 7 nitrogen and oxygen atoms in total. The van der Waals surface area contributed by atoms with Crippen molar-refractivity contribution in [2.24, 2.45) is 0 Å². The van der Waals surface area contributed by atoms with Crippen LogP contribution in [-0.4, -0.2) is 57.9 Å². The molecule has 0 radical (unpaired) electrons. The minimum Gasteiger partial charge on any atom is -0.481 e. The Morgan fingerprint density at radius 3 is 2.45 bits per heavy atom. The number of hydrogen-bond donors (Lipinski definition) is 1. The molecule has 0 saturated carbocycles. The van der Waals surface area contributed by atoms with Crippen LogP contribution < -0.4 is 9.46 Å². The molecule has 9 heteroatoms. The zero-order chi connectivity index (χ0) is 20.9. The normalized spacial score (nSPS) is 15.6. The highest BCUT2D eigenvalue weighted by atomic mass is 32.2. The topological polar surface area (TPSA) is 84.9 Å². The molecular formula is C20H24N2O5S2. The average Bonchev–Trinajstić information content (AvgIpc) is 2.74. The molecular weight excluding hydrogens is 412 g/mol. The summed E-state index contributed by atoms with van der Waals surface area (Å²) in [5, 5.41) is 0. The number of nitrogens with one attached hydrogen (secondary N) is 1. The van der Waals surface area contributed by atoms with Crippen molar-refractivity contribution in [3.63, 3.8) is 0 Å². The summed E-state index contributed by atoms with van der Waals surface area (Å²) in [4.78, 5) is 15.1. The Hall–Kier alpha value is -2.23. The van der Waals surface area contributed by atoms with E-state index in [0.717, 1.165) is 4.90 Å². The lowest BCUT2D eigenvalue weighted by molar-refractivity contribution is -0.142. The summed E-state index contributed by atoms with van der Waals surface area (Å²) in [7, 11) is -3.73. The Morgan fingerprint density at radius 1 is 1.14 bits per heavy atom. The van der Waals surface area contributed by atoms with Crippen molar-refractivity contribution in [2.45, 2.75) is 22.8 Å². The quantitative estimate of drug-likeness (QED) is 0.672. The monoisotopic (exact) mass is 436 g/mol.